The summed E-state index contributed by atoms with van der Waals surface area (Å²) in [6.45, 7) is 0. The molecule has 6 aromatic carbocycles. The molecule has 0 radical (unpaired) electrons. The minimum atomic E-state index is -0.333. The summed E-state index contributed by atoms with van der Waals surface area (Å²) in [6, 6.07) is 49.8. The molecule has 0 spiro atoms. The molecule has 6 aromatic rings. The van der Waals surface area contributed by atoms with Gasteiger partial charge in [0, 0.05) is 34.9 Å². The van der Waals surface area contributed by atoms with Gasteiger partial charge in [0.25, 0.3) is 0 Å². The van der Waals surface area contributed by atoms with E-state index in [0.29, 0.717) is 11.4 Å². The predicted molar refractivity (Wildman–Crippen MR) is 174 cm³/mol. The molecule has 2 aliphatic rings. The molecule has 0 saturated carbocycles. The van der Waals surface area contributed by atoms with Crippen LogP contribution in [0.2, 0.25) is 0 Å². The molecule has 0 saturated heterocycles. The molecule has 2 heterocycles. The number of hydrogen-bond donors (Lipinski definition) is 0. The van der Waals surface area contributed by atoms with Crippen LogP contribution in [0.3, 0.4) is 0 Å². The zero-order valence-electron chi connectivity index (χ0n) is 23.6. The Morgan fingerprint density at radius 1 is 0.295 bits per heavy atom. The molecular weight excluding hydrogens is 550 g/mol. The second-order valence-corrected chi connectivity index (χ2v) is 10.6. The molecule has 6 heteroatoms. The van der Waals surface area contributed by atoms with E-state index >= 15 is 8.78 Å². The number of fused-ring (bicyclic) bond motifs is 2. The highest BCUT2D eigenvalue weighted by atomic mass is 19.1. The van der Waals surface area contributed by atoms with Crippen molar-refractivity contribution in [1.82, 2.24) is 0 Å². The van der Waals surface area contributed by atoms with Gasteiger partial charge in [-0.05, 0) is 72.8 Å². The Bertz CT molecular complexity index is 1850. The van der Waals surface area contributed by atoms with Gasteiger partial charge in [-0.1, -0.05) is 72.8 Å². The van der Waals surface area contributed by atoms with Crippen molar-refractivity contribution < 1.29 is 8.78 Å². The molecule has 0 aliphatic carbocycles. The van der Waals surface area contributed by atoms with Gasteiger partial charge in [-0.15, -0.1) is 0 Å². The summed E-state index contributed by atoms with van der Waals surface area (Å²) in [7, 11) is 0. The highest BCUT2D eigenvalue weighted by Gasteiger charge is 2.44. The van der Waals surface area contributed by atoms with Gasteiger partial charge in [-0.3, -0.25) is 19.6 Å². The first-order valence-electron chi connectivity index (χ1n) is 14.4. The van der Waals surface area contributed by atoms with Crippen molar-refractivity contribution in [2.45, 2.75) is 0 Å². The van der Waals surface area contributed by atoms with E-state index in [1.807, 2.05) is 133 Å². The van der Waals surface area contributed by atoms with Gasteiger partial charge in [0.2, 0.25) is 0 Å². The summed E-state index contributed by atoms with van der Waals surface area (Å²) in [5, 5.41) is 0. The van der Waals surface area contributed by atoms with E-state index in [2.05, 4.69) is 19.6 Å². The average Bonchev–Trinajstić information content (AvgIpc) is 3.58. The van der Waals surface area contributed by atoms with Crippen LogP contribution in [0.25, 0.3) is 0 Å². The summed E-state index contributed by atoms with van der Waals surface area (Å²) in [5.74, 6) is 0.876. The normalized spacial score (nSPS) is 15.5. The van der Waals surface area contributed by atoms with Crippen molar-refractivity contribution in [3.8, 4) is 0 Å². The van der Waals surface area contributed by atoms with Gasteiger partial charge in [-0.2, -0.15) is 0 Å². The number of rotatable bonds is 4. The lowest BCUT2D eigenvalue weighted by atomic mass is 10.2. The second-order valence-electron chi connectivity index (χ2n) is 10.6. The third-order valence-corrected chi connectivity index (χ3v) is 7.94. The highest BCUT2D eigenvalue weighted by molar-refractivity contribution is 5.99. The smallest absolute Gasteiger partial charge is 0.166 e. The largest absolute Gasteiger partial charge is 0.291 e. The van der Waals surface area contributed by atoms with E-state index in [9.17, 15) is 0 Å². The van der Waals surface area contributed by atoms with E-state index in [4.69, 9.17) is 0 Å². The molecule has 2 aliphatic heterocycles. The van der Waals surface area contributed by atoms with Crippen molar-refractivity contribution >= 4 is 45.5 Å². The average molecular weight is 577 g/mol. The first-order valence-corrected chi connectivity index (χ1v) is 14.4. The van der Waals surface area contributed by atoms with Crippen LogP contribution in [0.4, 0.5) is 54.3 Å². The van der Waals surface area contributed by atoms with Gasteiger partial charge in [-0.25, -0.2) is 8.78 Å². The summed E-state index contributed by atoms with van der Waals surface area (Å²) in [6.07, 6.45) is 0. The zero-order chi connectivity index (χ0) is 29.6. The Morgan fingerprint density at radius 2 is 0.568 bits per heavy atom. The minimum Gasteiger partial charge on any atom is -0.291 e. The van der Waals surface area contributed by atoms with Gasteiger partial charge in [0.15, 0.2) is 11.6 Å². The lowest BCUT2D eigenvalue weighted by Gasteiger charge is -2.34. The Morgan fingerprint density at radius 3 is 0.864 bits per heavy atom. The minimum absolute atomic E-state index is 0.333. The lowest BCUT2D eigenvalue weighted by molar-refractivity contribution is 0.628. The Balaban J connectivity index is 1.54. The molecule has 0 fully saturated rings. The molecular formula is C38H26F2N4. The Kier molecular flexibility index (Phi) is 6.12. The number of nitrogens with zero attached hydrogens (tertiary/aromatic N) is 4. The van der Waals surface area contributed by atoms with Gasteiger partial charge >= 0.3 is 0 Å². The molecule has 0 bridgehead atoms. The van der Waals surface area contributed by atoms with Crippen LogP contribution in [0.5, 0.6) is 0 Å². The summed E-state index contributed by atoms with van der Waals surface area (Å²) in [4.78, 5) is 8.50. The van der Waals surface area contributed by atoms with Crippen LogP contribution in [0.15, 0.2) is 169 Å². The van der Waals surface area contributed by atoms with E-state index in [1.54, 1.807) is 12.1 Å². The molecule has 4 nitrogen and oxygen atoms in total. The van der Waals surface area contributed by atoms with E-state index < -0.39 is 0 Å². The second kappa shape index (κ2) is 10.4. The number of halogens is 2. The molecule has 0 atom stereocenters. The fourth-order valence-corrected chi connectivity index (χ4v) is 6.14. The van der Waals surface area contributed by atoms with E-state index in [1.165, 1.54) is 12.1 Å². The van der Waals surface area contributed by atoms with Gasteiger partial charge in [0.05, 0.1) is 22.7 Å². The lowest BCUT2D eigenvalue weighted by Crippen LogP contribution is -2.33. The first-order chi connectivity index (χ1) is 21.7. The molecule has 0 N–H and O–H groups in total. The van der Waals surface area contributed by atoms with Crippen LogP contribution in [-0.4, -0.2) is 0 Å². The summed E-state index contributed by atoms with van der Waals surface area (Å²) < 4.78 is 30.2. The van der Waals surface area contributed by atoms with Gasteiger partial charge < -0.3 is 0 Å². The summed E-state index contributed by atoms with van der Waals surface area (Å²) in [5.41, 5.74) is 6.59. The SMILES string of the molecule is Fc1ccc2c(c1)N(c1ccccc1)/C(=C1\N(c3ccccc3)c3ccc(F)cc3N1c1ccccc1)N2c1ccccc1. The molecule has 8 rings (SSSR count). The number of hydrogen-bond acceptors (Lipinski definition) is 4. The molecule has 44 heavy (non-hydrogen) atoms. The maximum atomic E-state index is 15.1. The fourth-order valence-electron chi connectivity index (χ4n) is 6.14. The van der Waals surface area contributed by atoms with Crippen LogP contribution >= 0.6 is 0 Å². The number of anilines is 8. The molecule has 0 aromatic heterocycles. The maximum absolute atomic E-state index is 15.1. The standard InChI is InChI=1S/C38H26F2N4/c39-27-21-23-33-35(25-27)43(31-17-9-3-10-18-31)37(41(33)29-13-5-1-6-14-29)38-42(30-15-7-2-8-16-30)34-24-22-28(40)26-36(34)44(38)32-19-11-4-12-20-32/h1-26H/b38-37+. The van der Waals surface area contributed by atoms with Crippen LogP contribution in [-0.2, 0) is 0 Å². The fraction of sp³-hybridized carbons (Fsp3) is 0. The molecule has 0 amide bonds. The van der Waals surface area contributed by atoms with Crippen LogP contribution in [0, 0.1) is 11.6 Å². The molecule has 212 valence electrons. The third kappa shape index (κ3) is 4.11. The predicted octanol–water partition coefficient (Wildman–Crippen LogP) is 10.4. The topological polar surface area (TPSA) is 13.0 Å². The van der Waals surface area contributed by atoms with Gasteiger partial charge in [0.1, 0.15) is 11.6 Å². The quantitative estimate of drug-likeness (QED) is 0.207. The monoisotopic (exact) mass is 576 g/mol. The summed E-state index contributed by atoms with van der Waals surface area (Å²) >= 11 is 0. The van der Waals surface area contributed by atoms with Crippen LogP contribution < -0.4 is 19.6 Å². The van der Waals surface area contributed by atoms with Crippen molar-refractivity contribution in [2.75, 3.05) is 19.6 Å². The van der Waals surface area contributed by atoms with E-state index in [-0.39, 0.29) is 11.6 Å². The maximum Gasteiger partial charge on any atom is 0.166 e. The van der Waals surface area contributed by atoms with Crippen molar-refractivity contribution in [2.24, 2.45) is 0 Å². The third-order valence-electron chi connectivity index (χ3n) is 7.94. The van der Waals surface area contributed by atoms with Crippen molar-refractivity contribution in [3.05, 3.63) is 181 Å². The van der Waals surface area contributed by atoms with Crippen molar-refractivity contribution in [3.63, 3.8) is 0 Å². The number of para-hydroxylation sites is 4. The number of benzene rings is 6. The van der Waals surface area contributed by atoms with Crippen molar-refractivity contribution in [1.29, 1.82) is 0 Å². The van der Waals surface area contributed by atoms with Crippen LogP contribution in [0.1, 0.15) is 0 Å². The zero-order valence-corrected chi connectivity index (χ0v) is 23.6. The Hall–Kier alpha value is -5.88. The molecule has 0 unspecified atom stereocenters. The van der Waals surface area contributed by atoms with E-state index in [0.717, 1.165) is 45.8 Å². The Labute approximate surface area is 254 Å². The highest BCUT2D eigenvalue weighted by Crippen LogP contribution is 2.57. The first kappa shape index (κ1) is 25.8.